The maximum absolute atomic E-state index is 12.1. The van der Waals surface area contributed by atoms with Gasteiger partial charge in [-0.15, -0.1) is 0 Å². The van der Waals surface area contributed by atoms with E-state index in [0.717, 1.165) is 15.6 Å². The molecule has 24 heavy (non-hydrogen) atoms. The maximum atomic E-state index is 12.1. The van der Waals surface area contributed by atoms with Crippen molar-refractivity contribution in [3.8, 4) is 5.75 Å². The summed E-state index contributed by atoms with van der Waals surface area (Å²) in [4.78, 5) is 23.8. The van der Waals surface area contributed by atoms with Gasteiger partial charge in [-0.3, -0.25) is 4.79 Å². The van der Waals surface area contributed by atoms with Gasteiger partial charge in [-0.2, -0.15) is 0 Å². The van der Waals surface area contributed by atoms with Crippen LogP contribution in [0.15, 0.2) is 41.0 Å². The average molecular weight is 390 g/mol. The van der Waals surface area contributed by atoms with Gasteiger partial charge in [0.25, 0.3) is 0 Å². The molecule has 3 rings (SSSR count). The summed E-state index contributed by atoms with van der Waals surface area (Å²) >= 11 is 3.36. The molecule has 2 aromatic heterocycles. The molecule has 0 aliphatic carbocycles. The molecule has 1 atom stereocenters. The largest absolute Gasteiger partial charge is 0.497 e. The number of pyridine rings is 1. The van der Waals surface area contributed by atoms with Gasteiger partial charge < -0.3 is 14.5 Å². The molecule has 0 fully saturated rings. The molecule has 6 nitrogen and oxygen atoms in total. The molecule has 0 radical (unpaired) electrons. The standard InChI is InChI=1S/C17H16BrN3O3/c1-10(16-20-14-8-12(18)9-19-17(14)21-16)24-15(22)7-11-4-3-5-13(6-11)23-2/h3-6,8-10H,7H2,1-2H3,(H,19,20,21). The highest BCUT2D eigenvalue weighted by Gasteiger charge is 2.16. The predicted octanol–water partition coefficient (Wildman–Crippen LogP) is 3.58. The molecule has 3 aromatic rings. The average Bonchev–Trinajstić information content (AvgIpc) is 2.98. The molecular weight excluding hydrogens is 374 g/mol. The van der Waals surface area contributed by atoms with Gasteiger partial charge in [-0.05, 0) is 46.6 Å². The maximum Gasteiger partial charge on any atom is 0.310 e. The zero-order valence-corrected chi connectivity index (χ0v) is 14.8. The third-order valence-corrected chi connectivity index (χ3v) is 3.93. The first kappa shape index (κ1) is 16.4. The minimum absolute atomic E-state index is 0.172. The Morgan fingerprint density at radius 1 is 1.38 bits per heavy atom. The van der Waals surface area contributed by atoms with Crippen molar-refractivity contribution in [3.63, 3.8) is 0 Å². The quantitative estimate of drug-likeness (QED) is 0.674. The van der Waals surface area contributed by atoms with E-state index < -0.39 is 6.10 Å². The van der Waals surface area contributed by atoms with Crippen molar-refractivity contribution < 1.29 is 14.3 Å². The summed E-state index contributed by atoms with van der Waals surface area (Å²) in [7, 11) is 1.59. The van der Waals surface area contributed by atoms with E-state index in [1.54, 1.807) is 20.2 Å². The zero-order chi connectivity index (χ0) is 17.1. The predicted molar refractivity (Wildman–Crippen MR) is 92.8 cm³/mol. The molecule has 0 bridgehead atoms. The number of ether oxygens (including phenoxy) is 2. The molecule has 1 N–H and O–H groups in total. The number of H-pyrrole nitrogens is 1. The fourth-order valence-electron chi connectivity index (χ4n) is 2.33. The molecule has 0 aliphatic rings. The number of halogens is 1. The van der Waals surface area contributed by atoms with E-state index in [-0.39, 0.29) is 12.4 Å². The third kappa shape index (κ3) is 3.73. The van der Waals surface area contributed by atoms with Gasteiger partial charge >= 0.3 is 5.97 Å². The van der Waals surface area contributed by atoms with E-state index in [2.05, 4.69) is 30.9 Å². The molecule has 1 unspecified atom stereocenters. The number of benzene rings is 1. The number of aromatic nitrogens is 3. The minimum atomic E-state index is -0.490. The Balaban J connectivity index is 1.68. The Morgan fingerprint density at radius 2 is 2.21 bits per heavy atom. The summed E-state index contributed by atoms with van der Waals surface area (Å²) in [6, 6.07) is 9.22. The Kier molecular flexibility index (Phi) is 4.80. The number of aromatic amines is 1. The van der Waals surface area contributed by atoms with Crippen LogP contribution in [-0.2, 0) is 16.0 Å². The Bertz CT molecular complexity index is 878. The fraction of sp³-hybridized carbons (Fsp3) is 0.235. The molecule has 7 heteroatoms. The second-order valence-corrected chi connectivity index (χ2v) is 6.22. The topological polar surface area (TPSA) is 77.1 Å². The summed E-state index contributed by atoms with van der Waals surface area (Å²) in [5, 5.41) is 0. The SMILES string of the molecule is COc1cccc(CC(=O)OC(C)c2nc3ncc(Br)cc3[nH]2)c1. The van der Waals surface area contributed by atoms with Gasteiger partial charge in [0, 0.05) is 10.7 Å². The Labute approximate surface area is 147 Å². The summed E-state index contributed by atoms with van der Waals surface area (Å²) in [5.41, 5.74) is 2.21. The van der Waals surface area contributed by atoms with Crippen LogP contribution in [0.4, 0.5) is 0 Å². The molecule has 1 aromatic carbocycles. The van der Waals surface area contributed by atoms with E-state index >= 15 is 0 Å². The van der Waals surface area contributed by atoms with Crippen LogP contribution in [0.1, 0.15) is 24.4 Å². The molecule has 0 aliphatic heterocycles. The Hall–Kier alpha value is -2.41. The molecule has 0 amide bonds. The highest BCUT2D eigenvalue weighted by Crippen LogP contribution is 2.21. The van der Waals surface area contributed by atoms with Gasteiger partial charge in [-0.25, -0.2) is 9.97 Å². The zero-order valence-electron chi connectivity index (χ0n) is 13.2. The molecule has 0 saturated carbocycles. The van der Waals surface area contributed by atoms with Crippen LogP contribution < -0.4 is 4.74 Å². The molecule has 0 spiro atoms. The lowest BCUT2D eigenvalue weighted by molar-refractivity contribution is -0.148. The lowest BCUT2D eigenvalue weighted by Crippen LogP contribution is -2.12. The summed E-state index contributed by atoms with van der Waals surface area (Å²) in [6.07, 6.45) is 1.36. The second kappa shape index (κ2) is 7.00. The smallest absolute Gasteiger partial charge is 0.310 e. The summed E-state index contributed by atoms with van der Waals surface area (Å²) in [6.45, 7) is 1.77. The van der Waals surface area contributed by atoms with Crippen molar-refractivity contribution in [1.82, 2.24) is 15.0 Å². The van der Waals surface area contributed by atoms with Crippen molar-refractivity contribution in [1.29, 1.82) is 0 Å². The lowest BCUT2D eigenvalue weighted by Gasteiger charge is -2.11. The van der Waals surface area contributed by atoms with E-state index in [1.807, 2.05) is 30.3 Å². The van der Waals surface area contributed by atoms with Gasteiger partial charge in [0.15, 0.2) is 11.8 Å². The summed E-state index contributed by atoms with van der Waals surface area (Å²) < 4.78 is 11.5. The number of hydrogen-bond donors (Lipinski definition) is 1. The van der Waals surface area contributed by atoms with Crippen LogP contribution in [0.2, 0.25) is 0 Å². The number of esters is 1. The van der Waals surface area contributed by atoms with Crippen molar-refractivity contribution in [2.24, 2.45) is 0 Å². The van der Waals surface area contributed by atoms with Crippen LogP contribution in [0, 0.1) is 0 Å². The van der Waals surface area contributed by atoms with E-state index in [0.29, 0.717) is 17.2 Å². The number of carbonyl (C=O) groups excluding carboxylic acids is 1. The lowest BCUT2D eigenvalue weighted by atomic mass is 10.1. The van der Waals surface area contributed by atoms with E-state index in [4.69, 9.17) is 9.47 Å². The van der Waals surface area contributed by atoms with Crippen molar-refractivity contribution in [3.05, 3.63) is 52.4 Å². The van der Waals surface area contributed by atoms with Crippen LogP contribution in [-0.4, -0.2) is 28.0 Å². The Morgan fingerprint density at radius 3 is 3.00 bits per heavy atom. The number of nitrogens with zero attached hydrogens (tertiary/aromatic N) is 2. The number of hydrogen-bond acceptors (Lipinski definition) is 5. The van der Waals surface area contributed by atoms with Crippen LogP contribution in [0.25, 0.3) is 11.2 Å². The van der Waals surface area contributed by atoms with Gasteiger partial charge in [0.2, 0.25) is 0 Å². The first-order valence-electron chi connectivity index (χ1n) is 7.38. The number of methoxy groups -OCH3 is 1. The second-order valence-electron chi connectivity index (χ2n) is 5.31. The highest BCUT2D eigenvalue weighted by molar-refractivity contribution is 9.10. The van der Waals surface area contributed by atoms with Crippen molar-refractivity contribution in [2.75, 3.05) is 7.11 Å². The molecule has 2 heterocycles. The van der Waals surface area contributed by atoms with Crippen molar-refractivity contribution >= 4 is 33.1 Å². The first-order valence-corrected chi connectivity index (χ1v) is 8.18. The van der Waals surface area contributed by atoms with Crippen LogP contribution in [0.3, 0.4) is 0 Å². The minimum Gasteiger partial charge on any atom is -0.497 e. The van der Waals surface area contributed by atoms with Gasteiger partial charge in [0.1, 0.15) is 11.6 Å². The normalized spacial score (nSPS) is 12.1. The molecule has 0 saturated heterocycles. The number of nitrogens with one attached hydrogen (secondary N) is 1. The molecular formula is C17H16BrN3O3. The van der Waals surface area contributed by atoms with Crippen LogP contribution >= 0.6 is 15.9 Å². The molecule has 124 valence electrons. The fourth-order valence-corrected chi connectivity index (χ4v) is 2.66. The van der Waals surface area contributed by atoms with Gasteiger partial charge in [0.05, 0.1) is 19.0 Å². The number of rotatable bonds is 5. The highest BCUT2D eigenvalue weighted by atomic mass is 79.9. The van der Waals surface area contributed by atoms with E-state index in [1.165, 1.54) is 0 Å². The monoisotopic (exact) mass is 389 g/mol. The number of fused-ring (bicyclic) bond motifs is 1. The van der Waals surface area contributed by atoms with Crippen molar-refractivity contribution in [2.45, 2.75) is 19.4 Å². The number of carbonyl (C=O) groups is 1. The third-order valence-electron chi connectivity index (χ3n) is 3.50. The first-order chi connectivity index (χ1) is 11.5. The summed E-state index contributed by atoms with van der Waals surface area (Å²) in [5.74, 6) is 0.947. The number of imidazole rings is 1. The van der Waals surface area contributed by atoms with Gasteiger partial charge in [-0.1, -0.05) is 12.1 Å². The van der Waals surface area contributed by atoms with Crippen LogP contribution in [0.5, 0.6) is 5.75 Å². The van der Waals surface area contributed by atoms with E-state index in [9.17, 15) is 4.79 Å².